The van der Waals surface area contributed by atoms with E-state index in [0.29, 0.717) is 34.1 Å². The molecule has 0 amide bonds. The molecular weight excluding hydrogens is 518 g/mol. The van der Waals surface area contributed by atoms with Crippen LogP contribution in [0.1, 0.15) is 128 Å². The third-order valence-electron chi connectivity index (χ3n) is 14.5. The van der Waals surface area contributed by atoms with E-state index >= 15 is 0 Å². The van der Waals surface area contributed by atoms with Gasteiger partial charge >= 0.3 is 5.97 Å². The van der Waals surface area contributed by atoms with Crippen LogP contribution in [-0.2, 0) is 4.74 Å². The van der Waals surface area contributed by atoms with Crippen LogP contribution in [0.5, 0.6) is 0 Å². The highest BCUT2D eigenvalue weighted by Gasteiger charge is 2.62. The predicted molar refractivity (Wildman–Crippen MR) is 166 cm³/mol. The maximum atomic E-state index is 13.1. The van der Waals surface area contributed by atoms with Crippen LogP contribution in [-0.4, -0.2) is 22.8 Å². The largest absolute Gasteiger partial charge is 0.457 e. The molecule has 0 spiro atoms. The zero-order valence-electron chi connectivity index (χ0n) is 26.9. The van der Waals surface area contributed by atoms with Crippen molar-refractivity contribution in [2.24, 2.45) is 57.7 Å². The molecule has 42 heavy (non-hydrogen) atoms. The Kier molecular flexibility index (Phi) is 7.86. The minimum Gasteiger partial charge on any atom is -0.457 e. The molecule has 0 aliphatic heterocycles. The standard InChI is InChI=1S/C38H55NO3/c1-6-37(41)21-20-35(4)28(23-37)13-14-29-31-16-15-30(36(31,5)19-18-32(29)35)25(2)12-17-33(38(24-39)22-26(38)3)42-34(40)27-10-8-7-9-11-27/h7-11,25-26,28-33,41H,6,12-23H2,1-5H3/t25-,26?,28+,29+,30-,31+,32+,33-,35+,36-,37+,38?/m1/s1. The summed E-state index contributed by atoms with van der Waals surface area (Å²) in [7, 11) is 0. The van der Waals surface area contributed by atoms with Gasteiger partial charge in [0.1, 0.15) is 6.10 Å². The molecule has 6 rings (SSSR count). The number of rotatable bonds is 8. The molecule has 5 aliphatic carbocycles. The molecule has 4 heteroatoms. The molecule has 5 aliphatic rings. The minimum absolute atomic E-state index is 0.277. The third kappa shape index (κ3) is 4.85. The van der Waals surface area contributed by atoms with Gasteiger partial charge in [-0.2, -0.15) is 5.26 Å². The van der Waals surface area contributed by atoms with E-state index in [1.807, 2.05) is 18.2 Å². The number of nitriles is 1. The van der Waals surface area contributed by atoms with Gasteiger partial charge in [-0.1, -0.05) is 52.8 Å². The Morgan fingerprint density at radius 3 is 2.38 bits per heavy atom. The number of carbonyl (C=O) groups excluding carboxylic acids is 1. The molecule has 2 unspecified atom stereocenters. The topological polar surface area (TPSA) is 70.3 Å². The number of hydrogen-bond acceptors (Lipinski definition) is 4. The SMILES string of the molecule is CC[C@]1(O)CC[C@@]2(C)[C@@H](CC[C@@H]3[C@@H]2CC[C@]2(C)[C@@H]([C@H](C)CC[C@@H](OC(=O)c4ccccc4)C4(C#N)CC4C)CC[C@@H]32)C1. The Morgan fingerprint density at radius 1 is 1.00 bits per heavy atom. The molecule has 0 radical (unpaired) electrons. The number of ether oxygens (including phenoxy) is 1. The summed E-state index contributed by atoms with van der Waals surface area (Å²) in [5.41, 5.74) is 0.406. The van der Waals surface area contributed by atoms with Crippen molar-refractivity contribution in [1.82, 2.24) is 0 Å². The van der Waals surface area contributed by atoms with Gasteiger partial charge in [0.15, 0.2) is 0 Å². The normalized spacial score (nSPS) is 45.5. The molecular formula is C38H55NO3. The first-order chi connectivity index (χ1) is 20.0. The number of carbonyl (C=O) groups is 1. The highest BCUT2D eigenvalue weighted by molar-refractivity contribution is 5.89. The van der Waals surface area contributed by atoms with Gasteiger partial charge in [-0.3, -0.25) is 0 Å². The molecule has 1 aromatic rings. The number of esters is 1. The van der Waals surface area contributed by atoms with Crippen molar-refractivity contribution in [3.63, 3.8) is 0 Å². The van der Waals surface area contributed by atoms with E-state index in [4.69, 9.17) is 4.74 Å². The highest BCUT2D eigenvalue weighted by Crippen LogP contribution is 2.69. The predicted octanol–water partition coefficient (Wildman–Crippen LogP) is 8.98. The van der Waals surface area contributed by atoms with Crippen molar-refractivity contribution >= 4 is 5.97 Å². The summed E-state index contributed by atoms with van der Waals surface area (Å²) in [5.74, 6) is 4.39. The molecule has 0 heterocycles. The minimum atomic E-state index is -0.525. The monoisotopic (exact) mass is 573 g/mol. The summed E-state index contributed by atoms with van der Waals surface area (Å²) in [6.07, 6.45) is 14.4. The molecule has 1 N–H and O–H groups in total. The van der Waals surface area contributed by atoms with Crippen molar-refractivity contribution in [1.29, 1.82) is 5.26 Å². The summed E-state index contributed by atoms with van der Waals surface area (Å²) in [5, 5.41) is 21.3. The molecule has 0 bridgehead atoms. The van der Waals surface area contributed by atoms with Gasteiger partial charge < -0.3 is 9.84 Å². The zero-order chi connectivity index (χ0) is 29.9. The second-order valence-corrected chi connectivity index (χ2v) is 16.2. The van der Waals surface area contributed by atoms with E-state index in [2.05, 4.69) is 40.7 Å². The fourth-order valence-electron chi connectivity index (χ4n) is 11.6. The molecule has 1 aromatic carbocycles. The number of aliphatic hydroxyl groups is 1. The van der Waals surface area contributed by atoms with E-state index in [-0.39, 0.29) is 18.0 Å². The smallest absolute Gasteiger partial charge is 0.338 e. The molecule has 230 valence electrons. The second-order valence-electron chi connectivity index (χ2n) is 16.2. The lowest BCUT2D eigenvalue weighted by atomic mass is 9.43. The molecule has 12 atom stereocenters. The van der Waals surface area contributed by atoms with Crippen LogP contribution in [0.2, 0.25) is 0 Å². The van der Waals surface area contributed by atoms with Crippen LogP contribution >= 0.6 is 0 Å². The Morgan fingerprint density at radius 2 is 1.71 bits per heavy atom. The first-order valence-corrected chi connectivity index (χ1v) is 17.4. The summed E-state index contributed by atoms with van der Waals surface area (Å²) < 4.78 is 6.15. The van der Waals surface area contributed by atoms with Crippen LogP contribution in [0.15, 0.2) is 30.3 Å². The van der Waals surface area contributed by atoms with Gasteiger partial charge in [0, 0.05) is 0 Å². The molecule has 5 saturated carbocycles. The van der Waals surface area contributed by atoms with Gasteiger partial charge in [-0.25, -0.2) is 4.79 Å². The van der Waals surface area contributed by atoms with Crippen LogP contribution in [0.4, 0.5) is 0 Å². The van der Waals surface area contributed by atoms with Crippen molar-refractivity contribution in [3.05, 3.63) is 35.9 Å². The second kappa shape index (κ2) is 10.9. The van der Waals surface area contributed by atoms with E-state index in [0.717, 1.165) is 56.3 Å². The van der Waals surface area contributed by atoms with Gasteiger partial charge in [0.2, 0.25) is 0 Å². The van der Waals surface area contributed by atoms with E-state index < -0.39 is 11.0 Å². The first kappa shape index (κ1) is 30.2. The van der Waals surface area contributed by atoms with Crippen molar-refractivity contribution in [3.8, 4) is 6.07 Å². The average Bonchev–Trinajstić information content (AvgIpc) is 3.53. The summed E-state index contributed by atoms with van der Waals surface area (Å²) in [6.45, 7) is 12.0. The van der Waals surface area contributed by atoms with Crippen LogP contribution in [0, 0.1) is 69.0 Å². The number of benzene rings is 1. The van der Waals surface area contributed by atoms with Crippen molar-refractivity contribution in [2.45, 2.75) is 130 Å². The number of nitrogens with zero attached hydrogens (tertiary/aromatic N) is 1. The van der Waals surface area contributed by atoms with Gasteiger partial charge in [-0.05, 0) is 148 Å². The number of hydrogen-bond donors (Lipinski definition) is 1. The van der Waals surface area contributed by atoms with Crippen LogP contribution < -0.4 is 0 Å². The molecule has 4 nitrogen and oxygen atoms in total. The lowest BCUT2D eigenvalue weighted by molar-refractivity contribution is -0.152. The fourth-order valence-corrected chi connectivity index (χ4v) is 11.6. The van der Waals surface area contributed by atoms with E-state index in [1.54, 1.807) is 12.1 Å². The van der Waals surface area contributed by atoms with Gasteiger partial charge in [0.05, 0.1) is 22.6 Å². The zero-order valence-corrected chi connectivity index (χ0v) is 26.9. The maximum absolute atomic E-state index is 13.1. The van der Waals surface area contributed by atoms with E-state index in [9.17, 15) is 15.2 Å². The van der Waals surface area contributed by atoms with Crippen LogP contribution in [0.3, 0.4) is 0 Å². The fraction of sp³-hybridized carbons (Fsp3) is 0.789. The third-order valence-corrected chi connectivity index (χ3v) is 14.5. The Balaban J connectivity index is 1.13. The average molecular weight is 574 g/mol. The number of fused-ring (bicyclic) bond motifs is 5. The maximum Gasteiger partial charge on any atom is 0.338 e. The Hall–Kier alpha value is -1.86. The van der Waals surface area contributed by atoms with Gasteiger partial charge in [-0.15, -0.1) is 0 Å². The Labute approximate surface area is 255 Å². The van der Waals surface area contributed by atoms with Gasteiger partial charge in [0.25, 0.3) is 0 Å². The molecule has 0 saturated heterocycles. The van der Waals surface area contributed by atoms with Crippen LogP contribution in [0.25, 0.3) is 0 Å². The highest BCUT2D eigenvalue weighted by atomic mass is 16.5. The lowest BCUT2D eigenvalue weighted by Crippen LogP contribution is -2.56. The summed E-state index contributed by atoms with van der Waals surface area (Å²) in [4.78, 5) is 13.1. The lowest BCUT2D eigenvalue weighted by Gasteiger charge is -2.62. The molecule has 0 aromatic heterocycles. The summed E-state index contributed by atoms with van der Waals surface area (Å²) in [6, 6.07) is 11.8. The summed E-state index contributed by atoms with van der Waals surface area (Å²) >= 11 is 0. The quantitative estimate of drug-likeness (QED) is 0.315. The van der Waals surface area contributed by atoms with Crippen molar-refractivity contribution in [2.75, 3.05) is 0 Å². The molecule has 5 fully saturated rings. The van der Waals surface area contributed by atoms with E-state index in [1.165, 1.54) is 44.9 Å². The van der Waals surface area contributed by atoms with Crippen molar-refractivity contribution < 1.29 is 14.6 Å². The first-order valence-electron chi connectivity index (χ1n) is 17.4. The Bertz CT molecular complexity index is 1190.